The number of fused-ring (bicyclic) bond motifs is 1. The summed E-state index contributed by atoms with van der Waals surface area (Å²) in [5.74, 6) is -0.486. The van der Waals surface area contributed by atoms with Crippen LogP contribution in [0.2, 0.25) is 0 Å². The van der Waals surface area contributed by atoms with E-state index in [2.05, 4.69) is 26.2 Å². The Morgan fingerprint density at radius 1 is 1.06 bits per heavy atom. The van der Waals surface area contributed by atoms with E-state index in [1.54, 1.807) is 18.7 Å². The number of thiophene rings is 1. The Bertz CT molecular complexity index is 1680. The van der Waals surface area contributed by atoms with Crippen LogP contribution in [-0.4, -0.2) is 24.8 Å². The zero-order valence-corrected chi connectivity index (χ0v) is 21.3. The van der Waals surface area contributed by atoms with E-state index in [1.165, 1.54) is 26.9 Å². The van der Waals surface area contributed by atoms with E-state index in [0.717, 1.165) is 15.6 Å². The van der Waals surface area contributed by atoms with Crippen molar-refractivity contribution in [2.24, 2.45) is 7.05 Å². The predicted molar refractivity (Wildman–Crippen MR) is 141 cm³/mol. The van der Waals surface area contributed by atoms with Crippen molar-refractivity contribution in [3.05, 3.63) is 97.2 Å². The van der Waals surface area contributed by atoms with Crippen molar-refractivity contribution in [3.8, 4) is 16.8 Å². The minimum absolute atomic E-state index is 0.175. The molecule has 0 saturated heterocycles. The molecular formula is C25H20BrN5O3S. The van der Waals surface area contributed by atoms with E-state index in [1.807, 2.05) is 60.0 Å². The summed E-state index contributed by atoms with van der Waals surface area (Å²) in [4.78, 5) is 44.3. The van der Waals surface area contributed by atoms with Crippen LogP contribution in [0.1, 0.15) is 5.69 Å². The van der Waals surface area contributed by atoms with Crippen LogP contribution in [0.25, 0.3) is 27.0 Å². The van der Waals surface area contributed by atoms with Crippen LogP contribution < -0.4 is 16.4 Å². The molecule has 5 rings (SSSR count). The Morgan fingerprint density at radius 2 is 1.77 bits per heavy atom. The van der Waals surface area contributed by atoms with Crippen molar-refractivity contribution in [2.75, 3.05) is 5.32 Å². The zero-order valence-electron chi connectivity index (χ0n) is 18.9. The SMILES string of the molecule is Cc1c(NC(=O)Cn2cnc3scc(-c4ccc(Br)cc4)c3c2=O)c(=O)n(-c2ccccc2)n1C. The molecule has 0 aliphatic heterocycles. The minimum atomic E-state index is -0.486. The smallest absolute Gasteiger partial charge is 0.295 e. The fourth-order valence-electron chi connectivity index (χ4n) is 3.97. The van der Waals surface area contributed by atoms with Gasteiger partial charge in [0.05, 0.1) is 23.1 Å². The van der Waals surface area contributed by atoms with Crippen LogP contribution in [0, 0.1) is 6.92 Å². The molecule has 0 fully saturated rings. The first kappa shape index (κ1) is 23.0. The zero-order chi connectivity index (χ0) is 24.7. The highest BCUT2D eigenvalue weighted by Crippen LogP contribution is 2.31. The number of hydrogen-bond acceptors (Lipinski definition) is 5. The quantitative estimate of drug-likeness (QED) is 0.353. The lowest BCUT2D eigenvalue weighted by Crippen LogP contribution is -2.29. The van der Waals surface area contributed by atoms with Crippen molar-refractivity contribution in [2.45, 2.75) is 13.5 Å². The second-order valence-corrected chi connectivity index (χ2v) is 9.77. The van der Waals surface area contributed by atoms with Gasteiger partial charge in [0.2, 0.25) is 5.91 Å². The third-order valence-electron chi connectivity index (χ3n) is 5.85. The number of nitrogens with zero attached hydrogens (tertiary/aromatic N) is 4. The monoisotopic (exact) mass is 549 g/mol. The molecule has 3 aromatic heterocycles. The van der Waals surface area contributed by atoms with E-state index in [9.17, 15) is 14.4 Å². The standard InChI is InChI=1S/C25H20BrN5O3S/c1-15-22(25(34)31(29(15)2)18-6-4-3-5-7-18)28-20(32)12-30-14-27-23-21(24(30)33)19(13-35-23)16-8-10-17(26)11-9-16/h3-11,13-14H,12H2,1-2H3,(H,28,32). The number of hydrogen-bond donors (Lipinski definition) is 1. The van der Waals surface area contributed by atoms with Crippen LogP contribution in [-0.2, 0) is 18.4 Å². The van der Waals surface area contributed by atoms with Gasteiger partial charge in [-0.05, 0) is 36.8 Å². The summed E-state index contributed by atoms with van der Waals surface area (Å²) in [6.45, 7) is 1.49. The second-order valence-electron chi connectivity index (χ2n) is 8.00. The number of aromatic nitrogens is 4. The highest BCUT2D eigenvalue weighted by molar-refractivity contribution is 9.10. The Labute approximate surface area is 212 Å². The second kappa shape index (κ2) is 9.12. The molecule has 0 radical (unpaired) electrons. The highest BCUT2D eigenvalue weighted by Gasteiger charge is 2.19. The van der Waals surface area contributed by atoms with Gasteiger partial charge in [-0.2, -0.15) is 0 Å². The van der Waals surface area contributed by atoms with Gasteiger partial charge in [0.1, 0.15) is 17.1 Å². The molecule has 5 aromatic rings. The van der Waals surface area contributed by atoms with E-state index >= 15 is 0 Å². The van der Waals surface area contributed by atoms with E-state index in [0.29, 0.717) is 21.6 Å². The topological polar surface area (TPSA) is 90.9 Å². The lowest BCUT2D eigenvalue weighted by molar-refractivity contribution is -0.116. The number of para-hydroxylation sites is 1. The molecule has 0 spiro atoms. The van der Waals surface area contributed by atoms with Crippen molar-refractivity contribution in [1.82, 2.24) is 18.9 Å². The van der Waals surface area contributed by atoms with Gasteiger partial charge in [-0.3, -0.25) is 23.6 Å². The summed E-state index contributed by atoms with van der Waals surface area (Å²) < 4.78 is 5.38. The number of anilines is 1. The normalized spacial score (nSPS) is 11.2. The van der Waals surface area contributed by atoms with Crippen LogP contribution in [0.3, 0.4) is 0 Å². The molecule has 0 unspecified atom stereocenters. The fraction of sp³-hybridized carbons (Fsp3) is 0.120. The molecule has 35 heavy (non-hydrogen) atoms. The van der Waals surface area contributed by atoms with Gasteiger partial charge in [-0.1, -0.05) is 46.3 Å². The summed E-state index contributed by atoms with van der Waals surface area (Å²) in [6, 6.07) is 16.8. The molecule has 0 saturated carbocycles. The average Bonchev–Trinajstić information content (AvgIpc) is 3.37. The van der Waals surface area contributed by atoms with E-state index < -0.39 is 5.91 Å². The third kappa shape index (κ3) is 4.15. The first-order valence-corrected chi connectivity index (χ1v) is 12.4. The minimum Gasteiger partial charge on any atom is -0.318 e. The largest absolute Gasteiger partial charge is 0.318 e. The molecule has 10 heteroatoms. The predicted octanol–water partition coefficient (Wildman–Crippen LogP) is 4.32. The molecule has 176 valence electrons. The third-order valence-corrected chi connectivity index (χ3v) is 7.26. The number of carbonyl (C=O) groups excluding carboxylic acids is 1. The molecular weight excluding hydrogens is 530 g/mol. The molecule has 2 aromatic carbocycles. The Morgan fingerprint density at radius 3 is 2.49 bits per heavy atom. The van der Waals surface area contributed by atoms with Gasteiger partial charge in [0.15, 0.2) is 0 Å². The average molecular weight is 550 g/mol. The molecule has 0 aliphatic rings. The Balaban J connectivity index is 1.46. The number of halogens is 1. The summed E-state index contributed by atoms with van der Waals surface area (Å²) >= 11 is 4.80. The van der Waals surface area contributed by atoms with Crippen molar-refractivity contribution < 1.29 is 4.79 Å². The van der Waals surface area contributed by atoms with Crippen molar-refractivity contribution >= 4 is 49.1 Å². The van der Waals surface area contributed by atoms with Crippen LogP contribution >= 0.6 is 27.3 Å². The maximum atomic E-state index is 13.3. The summed E-state index contributed by atoms with van der Waals surface area (Å²) in [5, 5.41) is 5.06. The maximum Gasteiger partial charge on any atom is 0.295 e. The first-order chi connectivity index (χ1) is 16.8. The van der Waals surface area contributed by atoms with Crippen LogP contribution in [0.4, 0.5) is 5.69 Å². The molecule has 0 aliphatic carbocycles. The molecule has 8 nitrogen and oxygen atoms in total. The van der Waals surface area contributed by atoms with Gasteiger partial charge in [0, 0.05) is 22.5 Å². The Hall–Kier alpha value is -3.76. The number of nitrogens with one attached hydrogen (secondary N) is 1. The van der Waals surface area contributed by atoms with Gasteiger partial charge < -0.3 is 5.32 Å². The van der Waals surface area contributed by atoms with Gasteiger partial charge in [-0.25, -0.2) is 9.67 Å². The molecule has 0 bridgehead atoms. The highest BCUT2D eigenvalue weighted by atomic mass is 79.9. The van der Waals surface area contributed by atoms with Crippen LogP contribution in [0.5, 0.6) is 0 Å². The number of rotatable bonds is 5. The lowest BCUT2D eigenvalue weighted by Gasteiger charge is -2.07. The van der Waals surface area contributed by atoms with Gasteiger partial charge in [-0.15, -0.1) is 11.3 Å². The maximum absolute atomic E-state index is 13.3. The van der Waals surface area contributed by atoms with Gasteiger partial charge >= 0.3 is 0 Å². The molecule has 0 atom stereocenters. The van der Waals surface area contributed by atoms with E-state index in [-0.39, 0.29) is 23.4 Å². The summed E-state index contributed by atoms with van der Waals surface area (Å²) in [6.07, 6.45) is 1.37. The molecule has 3 heterocycles. The lowest BCUT2D eigenvalue weighted by atomic mass is 10.1. The summed E-state index contributed by atoms with van der Waals surface area (Å²) in [7, 11) is 1.75. The fourth-order valence-corrected chi connectivity index (χ4v) is 5.14. The van der Waals surface area contributed by atoms with E-state index in [4.69, 9.17) is 0 Å². The van der Waals surface area contributed by atoms with Crippen LogP contribution in [0.15, 0.2) is 80.4 Å². The van der Waals surface area contributed by atoms with Gasteiger partial charge in [0.25, 0.3) is 11.1 Å². The summed E-state index contributed by atoms with van der Waals surface area (Å²) in [5.41, 5.74) is 2.47. The Kier molecular flexibility index (Phi) is 6.00. The molecule has 1 N–H and O–H groups in total. The van der Waals surface area contributed by atoms with Crippen molar-refractivity contribution in [3.63, 3.8) is 0 Å². The van der Waals surface area contributed by atoms with Crippen molar-refractivity contribution in [1.29, 1.82) is 0 Å². The number of carbonyl (C=O) groups is 1. The first-order valence-electron chi connectivity index (χ1n) is 10.7. The number of benzene rings is 2. The molecule has 1 amide bonds. The number of amides is 1.